The molecular weight excluding hydrogens is 154 g/mol. The molecule has 0 saturated carbocycles. The van der Waals surface area contributed by atoms with E-state index in [0.29, 0.717) is 6.61 Å². The highest BCUT2D eigenvalue weighted by Gasteiger charge is 2.22. The fourth-order valence-electron chi connectivity index (χ4n) is 1.51. The smallest absolute Gasteiger partial charge is 0.310 e. The second-order valence-corrected chi connectivity index (χ2v) is 3.17. The van der Waals surface area contributed by atoms with Crippen LogP contribution in [0.2, 0.25) is 0 Å². The standard InChI is InChI=1S/C9H16NO2/c1-3-12-9(11)8-5-4-6-10(2)7-8/h8H,2-7H2,1H3/q-1/t8-/m0/s1. The van der Waals surface area contributed by atoms with Crippen molar-refractivity contribution in [1.29, 1.82) is 0 Å². The number of esters is 1. The zero-order valence-corrected chi connectivity index (χ0v) is 7.58. The Balaban J connectivity index is 2.35. The van der Waals surface area contributed by atoms with E-state index in [9.17, 15) is 4.79 Å². The van der Waals surface area contributed by atoms with E-state index in [1.54, 1.807) is 0 Å². The van der Waals surface area contributed by atoms with Gasteiger partial charge in [-0.15, -0.1) is 0 Å². The number of rotatable bonds is 2. The number of likely N-dealkylation sites (tertiary alicyclic amines) is 1. The van der Waals surface area contributed by atoms with Gasteiger partial charge in [-0.05, 0) is 32.9 Å². The van der Waals surface area contributed by atoms with Gasteiger partial charge in [0.25, 0.3) is 0 Å². The monoisotopic (exact) mass is 170 g/mol. The van der Waals surface area contributed by atoms with Crippen LogP contribution in [0.5, 0.6) is 0 Å². The molecule has 70 valence electrons. The van der Waals surface area contributed by atoms with Crippen molar-refractivity contribution in [3.8, 4) is 0 Å². The lowest BCUT2D eigenvalue weighted by molar-refractivity contribution is -0.149. The molecular formula is C9H16NO2-. The quantitative estimate of drug-likeness (QED) is 0.458. The topological polar surface area (TPSA) is 29.5 Å². The van der Waals surface area contributed by atoms with E-state index in [4.69, 9.17) is 4.74 Å². The third-order valence-electron chi connectivity index (χ3n) is 2.13. The molecule has 1 aliphatic heterocycles. The normalized spacial score (nSPS) is 25.3. The number of ether oxygens (including phenoxy) is 1. The van der Waals surface area contributed by atoms with E-state index in [0.717, 1.165) is 25.9 Å². The molecule has 0 amide bonds. The number of hydrogen-bond donors (Lipinski definition) is 0. The average molecular weight is 170 g/mol. The van der Waals surface area contributed by atoms with Gasteiger partial charge in [-0.1, -0.05) is 0 Å². The average Bonchev–Trinajstić information content (AvgIpc) is 2.05. The molecule has 12 heavy (non-hydrogen) atoms. The van der Waals surface area contributed by atoms with Crippen LogP contribution in [0.15, 0.2) is 0 Å². The van der Waals surface area contributed by atoms with Crippen molar-refractivity contribution in [3.05, 3.63) is 7.05 Å². The van der Waals surface area contributed by atoms with E-state index < -0.39 is 0 Å². The van der Waals surface area contributed by atoms with Crippen molar-refractivity contribution in [3.63, 3.8) is 0 Å². The lowest BCUT2D eigenvalue weighted by Gasteiger charge is -2.33. The minimum absolute atomic E-state index is 0.0520. The summed E-state index contributed by atoms with van der Waals surface area (Å²) in [5, 5.41) is 0. The van der Waals surface area contributed by atoms with Crippen molar-refractivity contribution in [2.45, 2.75) is 19.8 Å². The van der Waals surface area contributed by atoms with Crippen LogP contribution in [0.1, 0.15) is 19.8 Å². The van der Waals surface area contributed by atoms with Gasteiger partial charge in [-0.3, -0.25) is 11.8 Å². The Bertz CT molecular complexity index is 159. The number of nitrogens with zero attached hydrogens (tertiary/aromatic N) is 1. The van der Waals surface area contributed by atoms with Crippen molar-refractivity contribution in [2.75, 3.05) is 19.7 Å². The summed E-state index contributed by atoms with van der Waals surface area (Å²) in [7, 11) is 3.82. The summed E-state index contributed by atoms with van der Waals surface area (Å²) < 4.78 is 4.94. The van der Waals surface area contributed by atoms with Crippen molar-refractivity contribution >= 4 is 5.97 Å². The minimum Gasteiger partial charge on any atom is -0.466 e. The van der Waals surface area contributed by atoms with E-state index in [1.807, 2.05) is 11.8 Å². The number of carbonyl (C=O) groups excluding carboxylic acids is 1. The van der Waals surface area contributed by atoms with Crippen LogP contribution in [-0.4, -0.2) is 30.6 Å². The summed E-state index contributed by atoms with van der Waals surface area (Å²) in [6.45, 7) is 4.06. The molecule has 3 heteroatoms. The molecule has 3 nitrogen and oxygen atoms in total. The second-order valence-electron chi connectivity index (χ2n) is 3.17. The first-order chi connectivity index (χ1) is 5.74. The largest absolute Gasteiger partial charge is 0.466 e. The maximum absolute atomic E-state index is 11.3. The molecule has 0 unspecified atom stereocenters. The van der Waals surface area contributed by atoms with Gasteiger partial charge >= 0.3 is 5.97 Å². The van der Waals surface area contributed by atoms with Crippen LogP contribution in [0.4, 0.5) is 0 Å². The SMILES string of the molecule is [CH2-]N1CCC[C@H](C(=O)OCC)C1. The van der Waals surface area contributed by atoms with Gasteiger partial charge in [0.15, 0.2) is 0 Å². The minimum atomic E-state index is -0.0640. The van der Waals surface area contributed by atoms with Crippen LogP contribution < -0.4 is 0 Å². The highest BCUT2D eigenvalue weighted by atomic mass is 16.5. The van der Waals surface area contributed by atoms with Gasteiger partial charge in [0.1, 0.15) is 0 Å². The molecule has 0 radical (unpaired) electrons. The molecule has 1 rings (SSSR count). The van der Waals surface area contributed by atoms with Crippen LogP contribution in [0, 0.1) is 13.0 Å². The molecule has 0 aromatic rings. The highest BCUT2D eigenvalue weighted by Crippen LogP contribution is 2.16. The summed E-state index contributed by atoms with van der Waals surface area (Å²) >= 11 is 0. The zero-order chi connectivity index (χ0) is 8.97. The van der Waals surface area contributed by atoms with Gasteiger partial charge in [-0.2, -0.15) is 0 Å². The van der Waals surface area contributed by atoms with Crippen LogP contribution >= 0.6 is 0 Å². The maximum Gasteiger partial charge on any atom is 0.310 e. The molecule has 1 fully saturated rings. The van der Waals surface area contributed by atoms with Crippen LogP contribution in [0.3, 0.4) is 0 Å². The zero-order valence-electron chi connectivity index (χ0n) is 7.58. The van der Waals surface area contributed by atoms with Gasteiger partial charge in [0, 0.05) is 0 Å². The number of hydrogen-bond acceptors (Lipinski definition) is 3. The molecule has 1 heterocycles. The van der Waals surface area contributed by atoms with Crippen molar-refractivity contribution < 1.29 is 9.53 Å². The van der Waals surface area contributed by atoms with E-state index in [-0.39, 0.29) is 11.9 Å². The summed E-state index contributed by atoms with van der Waals surface area (Å²) in [5.41, 5.74) is 0. The molecule has 1 atom stereocenters. The van der Waals surface area contributed by atoms with Gasteiger partial charge < -0.3 is 9.64 Å². The Morgan fingerprint density at radius 2 is 2.50 bits per heavy atom. The Kier molecular flexibility index (Phi) is 3.53. The van der Waals surface area contributed by atoms with Crippen molar-refractivity contribution in [1.82, 2.24) is 4.90 Å². The predicted molar refractivity (Wildman–Crippen MR) is 46.3 cm³/mol. The van der Waals surface area contributed by atoms with Gasteiger partial charge in [0.05, 0.1) is 12.5 Å². The molecule has 0 aromatic heterocycles. The molecule has 0 aliphatic carbocycles. The lowest BCUT2D eigenvalue weighted by atomic mass is 9.99. The Morgan fingerprint density at radius 3 is 3.08 bits per heavy atom. The van der Waals surface area contributed by atoms with Gasteiger partial charge in [-0.25, -0.2) is 0 Å². The first-order valence-electron chi connectivity index (χ1n) is 4.46. The number of carbonyl (C=O) groups is 1. The summed E-state index contributed by atoms with van der Waals surface area (Å²) in [6.07, 6.45) is 2.00. The first kappa shape index (κ1) is 9.52. The lowest BCUT2D eigenvalue weighted by Crippen LogP contribution is -2.35. The highest BCUT2D eigenvalue weighted by molar-refractivity contribution is 5.72. The molecule has 0 bridgehead atoms. The Morgan fingerprint density at radius 1 is 1.75 bits per heavy atom. The van der Waals surface area contributed by atoms with E-state index in [2.05, 4.69) is 7.05 Å². The van der Waals surface area contributed by atoms with Crippen molar-refractivity contribution in [2.24, 2.45) is 5.92 Å². The van der Waals surface area contributed by atoms with Crippen LogP contribution in [0.25, 0.3) is 0 Å². The molecule has 0 spiro atoms. The summed E-state index contributed by atoms with van der Waals surface area (Å²) in [5.74, 6) is -0.0120. The third kappa shape index (κ3) is 2.48. The molecule has 1 aliphatic rings. The molecule has 0 aromatic carbocycles. The first-order valence-corrected chi connectivity index (χ1v) is 4.46. The summed E-state index contributed by atoms with van der Waals surface area (Å²) in [6, 6.07) is 0. The van der Waals surface area contributed by atoms with E-state index >= 15 is 0 Å². The molecule has 1 saturated heterocycles. The van der Waals surface area contributed by atoms with E-state index in [1.165, 1.54) is 0 Å². The third-order valence-corrected chi connectivity index (χ3v) is 2.13. The summed E-state index contributed by atoms with van der Waals surface area (Å²) in [4.78, 5) is 13.2. The van der Waals surface area contributed by atoms with Crippen LogP contribution in [-0.2, 0) is 9.53 Å². The molecule has 0 N–H and O–H groups in total. The number of piperidine rings is 1. The maximum atomic E-state index is 11.3. The fraction of sp³-hybridized carbons (Fsp3) is 0.778. The predicted octanol–water partition coefficient (Wildman–Crippen LogP) is 1.05. The fourth-order valence-corrected chi connectivity index (χ4v) is 1.51. The van der Waals surface area contributed by atoms with Gasteiger partial charge in [0.2, 0.25) is 0 Å². The Labute approximate surface area is 73.7 Å². The Hall–Kier alpha value is -0.570. The second kappa shape index (κ2) is 4.45.